The molecule has 1 N–H and O–H groups in total. The Labute approximate surface area is 362 Å². The normalized spacial score (nSPS) is 15.6. The summed E-state index contributed by atoms with van der Waals surface area (Å²) >= 11 is 0. The number of nitrogens with one attached hydrogen (secondary N) is 1. The molecule has 0 aliphatic carbocycles. The van der Waals surface area contributed by atoms with Crippen LogP contribution in [0.15, 0.2) is 227 Å². The van der Waals surface area contributed by atoms with Crippen LogP contribution in [0.1, 0.15) is 42.6 Å². The summed E-state index contributed by atoms with van der Waals surface area (Å²) in [5.74, 6) is 0. The minimum absolute atomic E-state index is 0.292. The Hall–Kier alpha value is -7.75. The lowest BCUT2D eigenvalue weighted by molar-refractivity contribution is 0.656. The molecule has 3 heteroatoms. The summed E-state index contributed by atoms with van der Waals surface area (Å²) in [5.41, 5.74) is 18.1. The maximum absolute atomic E-state index is 6.70. The number of allylic oxidation sites excluding steroid dienone is 1. The van der Waals surface area contributed by atoms with Crippen LogP contribution in [0, 0.1) is 0 Å². The molecule has 296 valence electrons. The molecule has 1 aliphatic heterocycles. The number of para-hydroxylation sites is 1. The number of rotatable bonds is 7. The number of benzene rings is 9. The van der Waals surface area contributed by atoms with E-state index in [0.717, 1.165) is 85.1 Å². The molecule has 1 aliphatic rings. The van der Waals surface area contributed by atoms with E-state index in [4.69, 9.17) is 9.41 Å². The first kappa shape index (κ1) is 37.3. The zero-order valence-corrected chi connectivity index (χ0v) is 34.6. The van der Waals surface area contributed by atoms with Crippen molar-refractivity contribution >= 4 is 44.1 Å². The Morgan fingerprint density at radius 2 is 1.00 bits per heavy atom. The number of aliphatic imine (C=N–C) groups is 1. The van der Waals surface area contributed by atoms with Gasteiger partial charge in [0.1, 0.15) is 17.3 Å². The van der Waals surface area contributed by atoms with E-state index < -0.39 is 0 Å². The maximum atomic E-state index is 6.70. The molecule has 10 aromatic rings. The largest absolute Gasteiger partial charge is 0.455 e. The van der Waals surface area contributed by atoms with Crippen LogP contribution in [-0.2, 0) is 0 Å². The van der Waals surface area contributed by atoms with E-state index >= 15 is 0 Å². The summed E-state index contributed by atoms with van der Waals surface area (Å²) in [6, 6.07) is 76.0. The predicted molar refractivity (Wildman–Crippen MR) is 260 cm³/mol. The van der Waals surface area contributed by atoms with Gasteiger partial charge in [-0.15, -0.1) is 0 Å². The summed E-state index contributed by atoms with van der Waals surface area (Å²) in [7, 11) is 0. The van der Waals surface area contributed by atoms with E-state index in [-0.39, 0.29) is 6.17 Å². The zero-order chi connectivity index (χ0) is 41.4. The topological polar surface area (TPSA) is 37.5 Å². The van der Waals surface area contributed by atoms with Gasteiger partial charge in [0.05, 0.1) is 0 Å². The second-order valence-electron chi connectivity index (χ2n) is 16.3. The third-order valence-electron chi connectivity index (χ3n) is 12.5. The molecule has 11 rings (SSSR count). The van der Waals surface area contributed by atoms with Crippen LogP contribution in [0.2, 0.25) is 0 Å². The average Bonchev–Trinajstić information content (AvgIpc) is 3.73. The highest BCUT2D eigenvalue weighted by Gasteiger charge is 2.22. The van der Waals surface area contributed by atoms with Gasteiger partial charge in [-0.05, 0) is 110 Å². The molecule has 0 spiro atoms. The second kappa shape index (κ2) is 16.0. The van der Waals surface area contributed by atoms with Crippen LogP contribution in [0.4, 0.5) is 0 Å². The fourth-order valence-electron chi connectivity index (χ4n) is 9.09. The smallest absolute Gasteiger partial charge is 0.145 e. The van der Waals surface area contributed by atoms with Crippen molar-refractivity contribution in [3.63, 3.8) is 0 Å². The predicted octanol–water partition coefficient (Wildman–Crippen LogP) is 15.7. The minimum atomic E-state index is -0.292. The molecule has 0 amide bonds. The van der Waals surface area contributed by atoms with Crippen LogP contribution in [-0.4, -0.2) is 5.71 Å². The van der Waals surface area contributed by atoms with Crippen molar-refractivity contribution in [2.24, 2.45) is 4.99 Å². The molecule has 0 saturated heterocycles. The molecule has 1 aromatic heterocycles. The Morgan fingerprint density at radius 1 is 0.452 bits per heavy atom. The quantitative estimate of drug-likeness (QED) is 0.174. The van der Waals surface area contributed by atoms with Crippen LogP contribution in [0.25, 0.3) is 82.9 Å². The number of fused-ring (bicyclic) bond motifs is 4. The van der Waals surface area contributed by atoms with Crippen molar-refractivity contribution < 1.29 is 4.42 Å². The molecule has 1 atom stereocenters. The van der Waals surface area contributed by atoms with Gasteiger partial charge >= 0.3 is 0 Å². The highest BCUT2D eigenvalue weighted by Crippen LogP contribution is 2.43. The first-order valence-electron chi connectivity index (χ1n) is 21.5. The molecule has 3 nitrogen and oxygen atoms in total. The SMILES string of the molecule is C/C1=C(/c2ccc(-c3ccc(-c4ccccc4)cc3)cc2)NC(c2ccc(-c3ccc(-c4ccc5ccccc5c4)c4oc5ccccc5c34)cc2)N=C(c2ccccc2)CC1. The van der Waals surface area contributed by atoms with Gasteiger partial charge in [0.25, 0.3) is 0 Å². The van der Waals surface area contributed by atoms with Gasteiger partial charge in [-0.1, -0.05) is 194 Å². The van der Waals surface area contributed by atoms with E-state index in [0.29, 0.717) is 0 Å². The molecule has 9 aromatic carbocycles. The standard InChI is InChI=1S/C59H44N2O/c1-39-20-37-54(46-15-6-3-7-16-46)60-59(61-57(39)47-30-25-44(26-31-47)43-23-21-42(22-24-43)40-12-4-2-5-13-40)48-32-28-45(29-33-48)51-35-36-52(50-34-27-41-14-8-9-17-49(41)38-50)58-56(51)53-18-10-11-19-55(53)62-58/h2-19,21-36,38,59,61H,20,37H2,1H3/b57-39+,60-54?. The van der Waals surface area contributed by atoms with Crippen LogP contribution < -0.4 is 5.32 Å². The summed E-state index contributed by atoms with van der Waals surface area (Å²) in [6.07, 6.45) is 1.48. The summed E-state index contributed by atoms with van der Waals surface area (Å²) in [6.45, 7) is 2.26. The fraction of sp³-hybridized carbons (Fsp3) is 0.0678. The monoisotopic (exact) mass is 796 g/mol. The number of hydrogen-bond acceptors (Lipinski definition) is 3. The van der Waals surface area contributed by atoms with Crippen LogP contribution in [0.5, 0.6) is 0 Å². The Kier molecular flexibility index (Phi) is 9.63. The van der Waals surface area contributed by atoms with E-state index in [9.17, 15) is 0 Å². The number of nitrogens with zero attached hydrogens (tertiary/aromatic N) is 1. The van der Waals surface area contributed by atoms with Gasteiger partial charge in [-0.25, -0.2) is 0 Å². The second-order valence-corrected chi connectivity index (χ2v) is 16.3. The third kappa shape index (κ3) is 7.08. The Bertz CT molecular complexity index is 3290. The minimum Gasteiger partial charge on any atom is -0.455 e. The van der Waals surface area contributed by atoms with Crippen LogP contribution >= 0.6 is 0 Å². The third-order valence-corrected chi connectivity index (χ3v) is 12.5. The number of hydrogen-bond donors (Lipinski definition) is 1. The first-order chi connectivity index (χ1) is 30.6. The molecule has 62 heavy (non-hydrogen) atoms. The van der Waals surface area contributed by atoms with Crippen molar-refractivity contribution in [2.45, 2.75) is 25.9 Å². The van der Waals surface area contributed by atoms with Crippen molar-refractivity contribution in [3.8, 4) is 44.5 Å². The molecular weight excluding hydrogens is 753 g/mol. The molecule has 1 unspecified atom stereocenters. The van der Waals surface area contributed by atoms with E-state index in [1.165, 1.54) is 38.6 Å². The van der Waals surface area contributed by atoms with E-state index in [1.54, 1.807) is 0 Å². The summed E-state index contributed by atoms with van der Waals surface area (Å²) < 4.78 is 6.70. The summed E-state index contributed by atoms with van der Waals surface area (Å²) in [5, 5.41) is 8.63. The molecule has 0 saturated carbocycles. The number of furan rings is 1. The zero-order valence-electron chi connectivity index (χ0n) is 34.6. The van der Waals surface area contributed by atoms with Gasteiger partial charge in [-0.3, -0.25) is 4.99 Å². The molecule has 2 heterocycles. The lowest BCUT2D eigenvalue weighted by atomic mass is 9.93. The van der Waals surface area contributed by atoms with E-state index in [2.05, 4.69) is 218 Å². The lowest BCUT2D eigenvalue weighted by Crippen LogP contribution is -2.23. The molecule has 0 radical (unpaired) electrons. The lowest BCUT2D eigenvalue weighted by Gasteiger charge is -2.26. The van der Waals surface area contributed by atoms with Gasteiger partial charge in [-0.2, -0.15) is 0 Å². The molecule has 0 bridgehead atoms. The van der Waals surface area contributed by atoms with Gasteiger partial charge < -0.3 is 9.73 Å². The first-order valence-corrected chi connectivity index (χ1v) is 21.5. The average molecular weight is 797 g/mol. The van der Waals surface area contributed by atoms with E-state index in [1.807, 2.05) is 6.07 Å². The van der Waals surface area contributed by atoms with Crippen molar-refractivity contribution in [2.75, 3.05) is 0 Å². The molecular formula is C59H44N2O. The highest BCUT2D eigenvalue weighted by molar-refractivity contribution is 6.16. The Balaban J connectivity index is 0.942. The Morgan fingerprint density at radius 3 is 1.71 bits per heavy atom. The maximum Gasteiger partial charge on any atom is 0.145 e. The fourth-order valence-corrected chi connectivity index (χ4v) is 9.09. The van der Waals surface area contributed by atoms with Crippen molar-refractivity contribution in [1.82, 2.24) is 5.32 Å². The summed E-state index contributed by atoms with van der Waals surface area (Å²) in [4.78, 5) is 5.49. The van der Waals surface area contributed by atoms with Gasteiger partial charge in [0, 0.05) is 27.7 Å². The highest BCUT2D eigenvalue weighted by atomic mass is 16.3. The van der Waals surface area contributed by atoms with Crippen molar-refractivity contribution in [1.29, 1.82) is 0 Å². The van der Waals surface area contributed by atoms with Gasteiger partial charge in [0.15, 0.2) is 0 Å². The molecule has 0 fully saturated rings. The van der Waals surface area contributed by atoms with Gasteiger partial charge in [0.2, 0.25) is 0 Å². The van der Waals surface area contributed by atoms with Crippen molar-refractivity contribution in [3.05, 3.63) is 235 Å². The van der Waals surface area contributed by atoms with Crippen LogP contribution in [0.3, 0.4) is 0 Å².